The average molecular weight is 196 g/mol. The molecule has 0 aliphatic heterocycles. The minimum Gasteiger partial charge on any atom is -0.407 e. The normalized spacial score (nSPS) is 16.6. The van der Waals surface area contributed by atoms with Crippen LogP contribution in [0.5, 0.6) is 0 Å². The molecule has 0 spiro atoms. The van der Waals surface area contributed by atoms with Crippen LogP contribution >= 0.6 is 0 Å². The van der Waals surface area contributed by atoms with Crippen LogP contribution in [0.4, 0.5) is 6.01 Å². The van der Waals surface area contributed by atoms with Gasteiger partial charge in [-0.25, -0.2) is 0 Å². The fraction of sp³-hybridized carbons (Fsp3) is 0.778. The molecule has 1 aliphatic rings. The molecule has 1 heterocycles. The number of nitrogens with one attached hydrogen (secondary N) is 2. The number of nitrogens with zero attached hydrogens (tertiary/aromatic N) is 2. The van der Waals surface area contributed by atoms with Crippen molar-refractivity contribution in [1.29, 1.82) is 0 Å². The Morgan fingerprint density at radius 2 is 2.29 bits per heavy atom. The topological polar surface area (TPSA) is 63.0 Å². The van der Waals surface area contributed by atoms with Crippen molar-refractivity contribution in [3.63, 3.8) is 0 Å². The van der Waals surface area contributed by atoms with Crippen molar-refractivity contribution in [2.75, 3.05) is 18.9 Å². The van der Waals surface area contributed by atoms with Gasteiger partial charge in [-0.2, -0.15) is 0 Å². The standard InChI is InChI=1S/C9H16N4O/c1-10-6-8-12-13-9(14-8)11-5-7-3-2-4-7/h7,10H,2-6H2,1H3,(H,11,13). The maximum Gasteiger partial charge on any atom is 0.315 e. The maximum absolute atomic E-state index is 5.35. The van der Waals surface area contributed by atoms with E-state index in [2.05, 4.69) is 20.8 Å². The molecular formula is C9H16N4O. The van der Waals surface area contributed by atoms with Crippen molar-refractivity contribution in [1.82, 2.24) is 15.5 Å². The molecule has 1 saturated carbocycles. The Balaban J connectivity index is 1.77. The average Bonchev–Trinajstić information content (AvgIpc) is 2.51. The molecule has 78 valence electrons. The Kier molecular flexibility index (Phi) is 2.98. The van der Waals surface area contributed by atoms with E-state index in [1.165, 1.54) is 19.3 Å². The second-order valence-corrected chi connectivity index (χ2v) is 3.71. The molecule has 5 nitrogen and oxygen atoms in total. The van der Waals surface area contributed by atoms with Crippen molar-refractivity contribution in [2.24, 2.45) is 5.92 Å². The van der Waals surface area contributed by atoms with Crippen LogP contribution in [0.3, 0.4) is 0 Å². The number of hydrogen-bond donors (Lipinski definition) is 2. The van der Waals surface area contributed by atoms with Gasteiger partial charge in [-0.1, -0.05) is 11.5 Å². The van der Waals surface area contributed by atoms with Crippen LogP contribution in [-0.4, -0.2) is 23.8 Å². The van der Waals surface area contributed by atoms with Crippen molar-refractivity contribution >= 4 is 6.01 Å². The first-order valence-electron chi connectivity index (χ1n) is 5.09. The van der Waals surface area contributed by atoms with E-state index in [4.69, 9.17) is 4.42 Å². The van der Waals surface area contributed by atoms with Crippen LogP contribution in [0.15, 0.2) is 4.42 Å². The number of aromatic nitrogens is 2. The molecule has 0 saturated heterocycles. The van der Waals surface area contributed by atoms with Gasteiger partial charge in [-0.05, 0) is 25.8 Å². The van der Waals surface area contributed by atoms with Gasteiger partial charge < -0.3 is 15.1 Å². The van der Waals surface area contributed by atoms with Crippen molar-refractivity contribution in [3.05, 3.63) is 5.89 Å². The predicted molar refractivity (Wildman–Crippen MR) is 52.9 cm³/mol. The van der Waals surface area contributed by atoms with Crippen molar-refractivity contribution in [3.8, 4) is 0 Å². The van der Waals surface area contributed by atoms with E-state index in [0.717, 1.165) is 12.5 Å². The summed E-state index contributed by atoms with van der Waals surface area (Å²) in [4.78, 5) is 0. The highest BCUT2D eigenvalue weighted by molar-refractivity contribution is 5.17. The van der Waals surface area contributed by atoms with Gasteiger partial charge >= 0.3 is 6.01 Å². The van der Waals surface area contributed by atoms with Gasteiger partial charge in [0.15, 0.2) is 0 Å². The van der Waals surface area contributed by atoms with Gasteiger partial charge in [0.2, 0.25) is 5.89 Å². The third-order valence-corrected chi connectivity index (χ3v) is 2.56. The summed E-state index contributed by atoms with van der Waals surface area (Å²) in [6.45, 7) is 1.58. The second-order valence-electron chi connectivity index (χ2n) is 3.71. The lowest BCUT2D eigenvalue weighted by atomic mass is 9.85. The van der Waals surface area contributed by atoms with Gasteiger partial charge in [0.05, 0.1) is 6.54 Å². The molecule has 14 heavy (non-hydrogen) atoms. The summed E-state index contributed by atoms with van der Waals surface area (Å²) in [5, 5.41) is 13.9. The van der Waals surface area contributed by atoms with Crippen LogP contribution in [-0.2, 0) is 6.54 Å². The smallest absolute Gasteiger partial charge is 0.315 e. The van der Waals surface area contributed by atoms with Crippen LogP contribution < -0.4 is 10.6 Å². The van der Waals surface area contributed by atoms with E-state index in [9.17, 15) is 0 Å². The van der Waals surface area contributed by atoms with Gasteiger partial charge in [0.25, 0.3) is 0 Å². The predicted octanol–water partition coefficient (Wildman–Crippen LogP) is 1.00. The molecule has 0 aromatic carbocycles. The minimum atomic E-state index is 0.544. The summed E-state index contributed by atoms with van der Waals surface area (Å²) in [5.41, 5.74) is 0. The quantitative estimate of drug-likeness (QED) is 0.735. The molecule has 0 unspecified atom stereocenters. The van der Waals surface area contributed by atoms with E-state index in [0.29, 0.717) is 18.5 Å². The number of anilines is 1. The summed E-state index contributed by atoms with van der Waals surface area (Å²) < 4.78 is 5.35. The largest absolute Gasteiger partial charge is 0.407 e. The molecule has 1 aliphatic carbocycles. The fourth-order valence-corrected chi connectivity index (χ4v) is 1.48. The molecule has 1 aromatic rings. The Labute approximate surface area is 83.3 Å². The highest BCUT2D eigenvalue weighted by Crippen LogP contribution is 2.26. The van der Waals surface area contributed by atoms with E-state index in [1.807, 2.05) is 7.05 Å². The third kappa shape index (κ3) is 2.23. The van der Waals surface area contributed by atoms with Crippen molar-refractivity contribution < 1.29 is 4.42 Å². The monoisotopic (exact) mass is 196 g/mol. The van der Waals surface area contributed by atoms with E-state index >= 15 is 0 Å². The minimum absolute atomic E-state index is 0.544. The number of rotatable bonds is 5. The Bertz CT molecular complexity index is 282. The summed E-state index contributed by atoms with van der Waals surface area (Å²) >= 11 is 0. The van der Waals surface area contributed by atoms with E-state index < -0.39 is 0 Å². The Morgan fingerprint density at radius 1 is 1.43 bits per heavy atom. The second kappa shape index (κ2) is 4.41. The summed E-state index contributed by atoms with van der Waals surface area (Å²) in [7, 11) is 1.85. The van der Waals surface area contributed by atoms with Crippen LogP contribution in [0, 0.1) is 5.92 Å². The first-order valence-corrected chi connectivity index (χ1v) is 5.09. The van der Waals surface area contributed by atoms with E-state index in [1.54, 1.807) is 0 Å². The lowest BCUT2D eigenvalue weighted by Gasteiger charge is -2.24. The zero-order valence-electron chi connectivity index (χ0n) is 8.42. The van der Waals surface area contributed by atoms with Crippen LogP contribution in [0.2, 0.25) is 0 Å². The van der Waals surface area contributed by atoms with Gasteiger partial charge in [0, 0.05) is 6.54 Å². The summed E-state index contributed by atoms with van der Waals surface area (Å²) in [6.07, 6.45) is 4.01. The van der Waals surface area contributed by atoms with Gasteiger partial charge in [0.1, 0.15) is 0 Å². The zero-order valence-corrected chi connectivity index (χ0v) is 8.42. The SMILES string of the molecule is CNCc1nnc(NCC2CCC2)o1. The zero-order chi connectivity index (χ0) is 9.80. The molecule has 0 amide bonds. The molecule has 2 rings (SSSR count). The first kappa shape index (κ1) is 9.45. The molecule has 1 aromatic heterocycles. The summed E-state index contributed by atoms with van der Waals surface area (Å²) in [6, 6.07) is 0.544. The lowest BCUT2D eigenvalue weighted by molar-refractivity contribution is 0.330. The molecular weight excluding hydrogens is 180 g/mol. The van der Waals surface area contributed by atoms with E-state index in [-0.39, 0.29) is 0 Å². The molecule has 2 N–H and O–H groups in total. The van der Waals surface area contributed by atoms with Crippen LogP contribution in [0.25, 0.3) is 0 Å². The molecule has 0 radical (unpaired) electrons. The fourth-order valence-electron chi connectivity index (χ4n) is 1.48. The molecule has 1 fully saturated rings. The molecule has 0 bridgehead atoms. The highest BCUT2D eigenvalue weighted by Gasteiger charge is 2.17. The molecule has 0 atom stereocenters. The number of hydrogen-bond acceptors (Lipinski definition) is 5. The highest BCUT2D eigenvalue weighted by atomic mass is 16.4. The van der Waals surface area contributed by atoms with Crippen molar-refractivity contribution in [2.45, 2.75) is 25.8 Å². The molecule has 5 heteroatoms. The lowest BCUT2D eigenvalue weighted by Crippen LogP contribution is -2.20. The third-order valence-electron chi connectivity index (χ3n) is 2.56. The maximum atomic E-state index is 5.35. The van der Waals surface area contributed by atoms with Crippen LogP contribution in [0.1, 0.15) is 25.2 Å². The van der Waals surface area contributed by atoms with Gasteiger partial charge in [-0.3, -0.25) is 0 Å². The first-order chi connectivity index (χ1) is 6.88. The Morgan fingerprint density at radius 3 is 2.93 bits per heavy atom. The Hall–Kier alpha value is -1.10. The van der Waals surface area contributed by atoms with Gasteiger partial charge in [-0.15, -0.1) is 5.10 Å². The summed E-state index contributed by atoms with van der Waals surface area (Å²) in [5.74, 6) is 1.43.